The maximum atomic E-state index is 9.90. The summed E-state index contributed by atoms with van der Waals surface area (Å²) in [5.41, 5.74) is 7.38. The lowest BCUT2D eigenvalue weighted by molar-refractivity contribution is 0.0122. The Labute approximate surface area is 121 Å². The standard InChI is InChI=1S/C16H26N2O2/c1-11-10-18(9-8-14(11)19)16(12(2)17)13-6-4-5-7-15(13)20-3/h4-7,11-12,14,16,19H,8-10,17H2,1-3H3. The summed E-state index contributed by atoms with van der Waals surface area (Å²) in [7, 11) is 1.69. The highest BCUT2D eigenvalue weighted by Crippen LogP contribution is 2.33. The summed E-state index contributed by atoms with van der Waals surface area (Å²) in [5, 5.41) is 9.90. The second-order valence-electron chi connectivity index (χ2n) is 5.87. The number of hydrogen-bond donors (Lipinski definition) is 2. The molecular formula is C16H26N2O2. The summed E-state index contributed by atoms with van der Waals surface area (Å²) in [6, 6.07) is 8.20. The number of methoxy groups -OCH3 is 1. The van der Waals surface area contributed by atoms with Gasteiger partial charge in [0.1, 0.15) is 5.75 Å². The molecule has 0 bridgehead atoms. The molecule has 2 rings (SSSR count). The highest BCUT2D eigenvalue weighted by Gasteiger charge is 2.32. The first-order chi connectivity index (χ1) is 9.54. The number of nitrogens with zero attached hydrogens (tertiary/aromatic N) is 1. The Morgan fingerprint density at radius 1 is 1.40 bits per heavy atom. The van der Waals surface area contributed by atoms with Gasteiger partial charge in [0.2, 0.25) is 0 Å². The Kier molecular flexibility index (Phi) is 5.02. The third-order valence-corrected chi connectivity index (χ3v) is 4.24. The second-order valence-corrected chi connectivity index (χ2v) is 5.87. The molecule has 1 aromatic carbocycles. The monoisotopic (exact) mass is 278 g/mol. The van der Waals surface area contributed by atoms with Crippen molar-refractivity contribution < 1.29 is 9.84 Å². The fourth-order valence-electron chi connectivity index (χ4n) is 3.14. The molecule has 3 N–H and O–H groups in total. The number of benzene rings is 1. The molecule has 0 spiro atoms. The second kappa shape index (κ2) is 6.57. The smallest absolute Gasteiger partial charge is 0.123 e. The Balaban J connectivity index is 2.27. The molecule has 112 valence electrons. The topological polar surface area (TPSA) is 58.7 Å². The van der Waals surface area contributed by atoms with Crippen molar-refractivity contribution in [2.45, 2.75) is 38.5 Å². The van der Waals surface area contributed by atoms with Gasteiger partial charge in [0.25, 0.3) is 0 Å². The van der Waals surface area contributed by atoms with Gasteiger partial charge in [0, 0.05) is 24.7 Å². The van der Waals surface area contributed by atoms with Crippen LogP contribution in [0.2, 0.25) is 0 Å². The summed E-state index contributed by atoms with van der Waals surface area (Å²) in [4.78, 5) is 2.37. The average molecular weight is 278 g/mol. The minimum atomic E-state index is -0.197. The van der Waals surface area contributed by atoms with Crippen molar-refractivity contribution >= 4 is 0 Å². The predicted molar refractivity (Wildman–Crippen MR) is 80.7 cm³/mol. The van der Waals surface area contributed by atoms with Crippen molar-refractivity contribution in [1.82, 2.24) is 4.90 Å². The van der Waals surface area contributed by atoms with Crippen molar-refractivity contribution in [3.63, 3.8) is 0 Å². The number of aliphatic hydroxyl groups is 1. The number of para-hydroxylation sites is 1. The molecular weight excluding hydrogens is 252 g/mol. The van der Waals surface area contributed by atoms with Gasteiger partial charge in [0.05, 0.1) is 19.3 Å². The van der Waals surface area contributed by atoms with E-state index in [1.54, 1.807) is 7.11 Å². The number of rotatable bonds is 4. The number of nitrogens with two attached hydrogens (primary N) is 1. The Bertz CT molecular complexity index is 436. The SMILES string of the molecule is COc1ccccc1C(C(C)N)N1CCC(O)C(C)C1. The molecule has 1 saturated heterocycles. The first-order valence-electron chi connectivity index (χ1n) is 7.35. The average Bonchev–Trinajstić information content (AvgIpc) is 2.43. The Hall–Kier alpha value is -1.10. The quantitative estimate of drug-likeness (QED) is 0.881. The van der Waals surface area contributed by atoms with E-state index in [1.807, 2.05) is 25.1 Å². The molecule has 1 aromatic rings. The fraction of sp³-hybridized carbons (Fsp3) is 0.625. The maximum Gasteiger partial charge on any atom is 0.123 e. The molecule has 4 nitrogen and oxygen atoms in total. The third kappa shape index (κ3) is 3.14. The molecule has 0 aromatic heterocycles. The van der Waals surface area contributed by atoms with Gasteiger partial charge in [-0.2, -0.15) is 0 Å². The molecule has 0 amide bonds. The van der Waals surface area contributed by atoms with Crippen molar-refractivity contribution in [2.75, 3.05) is 20.2 Å². The number of piperidine rings is 1. The molecule has 1 fully saturated rings. The zero-order chi connectivity index (χ0) is 14.7. The molecule has 4 unspecified atom stereocenters. The third-order valence-electron chi connectivity index (χ3n) is 4.24. The van der Waals surface area contributed by atoms with Gasteiger partial charge in [-0.25, -0.2) is 0 Å². The predicted octanol–water partition coefficient (Wildman–Crippen LogP) is 1.79. The van der Waals surface area contributed by atoms with Gasteiger partial charge in [-0.05, 0) is 25.3 Å². The van der Waals surface area contributed by atoms with Gasteiger partial charge >= 0.3 is 0 Å². The van der Waals surface area contributed by atoms with E-state index in [0.29, 0.717) is 0 Å². The minimum Gasteiger partial charge on any atom is -0.496 e. The minimum absolute atomic E-state index is 0.00810. The van der Waals surface area contributed by atoms with Crippen LogP contribution in [0.3, 0.4) is 0 Å². The summed E-state index contributed by atoms with van der Waals surface area (Å²) >= 11 is 0. The normalized spacial score (nSPS) is 27.1. The first kappa shape index (κ1) is 15.3. The number of aliphatic hydroxyl groups excluding tert-OH is 1. The number of hydrogen-bond acceptors (Lipinski definition) is 4. The van der Waals surface area contributed by atoms with Crippen LogP contribution in [0.4, 0.5) is 0 Å². The zero-order valence-electron chi connectivity index (χ0n) is 12.6. The van der Waals surface area contributed by atoms with E-state index in [1.165, 1.54) is 0 Å². The van der Waals surface area contributed by atoms with Crippen molar-refractivity contribution in [3.05, 3.63) is 29.8 Å². The number of ether oxygens (including phenoxy) is 1. The van der Waals surface area contributed by atoms with Gasteiger partial charge in [-0.3, -0.25) is 4.90 Å². The lowest BCUT2D eigenvalue weighted by atomic mass is 9.91. The molecule has 20 heavy (non-hydrogen) atoms. The van der Waals surface area contributed by atoms with Crippen molar-refractivity contribution in [3.8, 4) is 5.75 Å². The van der Waals surface area contributed by atoms with Crippen LogP contribution in [0.1, 0.15) is 31.9 Å². The molecule has 0 aliphatic carbocycles. The summed E-state index contributed by atoms with van der Waals surface area (Å²) in [5.74, 6) is 1.16. The largest absolute Gasteiger partial charge is 0.496 e. The molecule has 1 heterocycles. The van der Waals surface area contributed by atoms with Crippen LogP contribution in [-0.2, 0) is 0 Å². The van der Waals surface area contributed by atoms with E-state index in [-0.39, 0.29) is 24.1 Å². The molecule has 1 aliphatic heterocycles. The molecule has 4 atom stereocenters. The lowest BCUT2D eigenvalue weighted by Gasteiger charge is -2.41. The first-order valence-corrected chi connectivity index (χ1v) is 7.35. The zero-order valence-corrected chi connectivity index (χ0v) is 12.6. The Morgan fingerprint density at radius 3 is 2.70 bits per heavy atom. The van der Waals surface area contributed by atoms with E-state index < -0.39 is 0 Å². The van der Waals surface area contributed by atoms with E-state index in [0.717, 1.165) is 30.8 Å². The van der Waals surface area contributed by atoms with Gasteiger partial charge < -0.3 is 15.6 Å². The van der Waals surface area contributed by atoms with Crippen LogP contribution in [0, 0.1) is 5.92 Å². The van der Waals surface area contributed by atoms with E-state index >= 15 is 0 Å². The van der Waals surface area contributed by atoms with Crippen LogP contribution >= 0.6 is 0 Å². The lowest BCUT2D eigenvalue weighted by Crippen LogP contribution is -2.48. The van der Waals surface area contributed by atoms with Crippen LogP contribution < -0.4 is 10.5 Å². The van der Waals surface area contributed by atoms with Crippen LogP contribution in [-0.4, -0.2) is 42.4 Å². The van der Waals surface area contributed by atoms with Crippen LogP contribution in [0.5, 0.6) is 5.75 Å². The fourth-order valence-corrected chi connectivity index (χ4v) is 3.14. The van der Waals surface area contributed by atoms with Crippen LogP contribution in [0.25, 0.3) is 0 Å². The van der Waals surface area contributed by atoms with Gasteiger partial charge in [0.15, 0.2) is 0 Å². The highest BCUT2D eigenvalue weighted by atomic mass is 16.5. The van der Waals surface area contributed by atoms with Crippen molar-refractivity contribution in [1.29, 1.82) is 0 Å². The number of likely N-dealkylation sites (tertiary alicyclic amines) is 1. The van der Waals surface area contributed by atoms with E-state index in [9.17, 15) is 5.11 Å². The molecule has 1 aliphatic rings. The van der Waals surface area contributed by atoms with E-state index in [4.69, 9.17) is 10.5 Å². The molecule has 0 saturated carbocycles. The summed E-state index contributed by atoms with van der Waals surface area (Å²) in [6.45, 7) is 5.87. The van der Waals surface area contributed by atoms with E-state index in [2.05, 4.69) is 17.9 Å². The van der Waals surface area contributed by atoms with Gasteiger partial charge in [-0.15, -0.1) is 0 Å². The van der Waals surface area contributed by atoms with Crippen molar-refractivity contribution in [2.24, 2.45) is 11.7 Å². The highest BCUT2D eigenvalue weighted by molar-refractivity contribution is 5.36. The molecule has 4 heteroatoms. The van der Waals surface area contributed by atoms with Crippen LogP contribution in [0.15, 0.2) is 24.3 Å². The molecule has 0 radical (unpaired) electrons. The maximum absolute atomic E-state index is 9.90. The Morgan fingerprint density at radius 2 is 2.10 bits per heavy atom. The summed E-state index contributed by atoms with van der Waals surface area (Å²) < 4.78 is 5.48. The van der Waals surface area contributed by atoms with Gasteiger partial charge in [-0.1, -0.05) is 25.1 Å². The summed E-state index contributed by atoms with van der Waals surface area (Å²) in [6.07, 6.45) is 0.608.